The van der Waals surface area contributed by atoms with Crippen molar-refractivity contribution in [2.75, 3.05) is 24.5 Å². The topological polar surface area (TPSA) is 36.9 Å². The summed E-state index contributed by atoms with van der Waals surface area (Å²) in [6.07, 6.45) is 5.24. The first-order chi connectivity index (χ1) is 11.7. The monoisotopic (exact) mass is 347 g/mol. The normalized spacial score (nSPS) is 26.4. The number of halogens is 2. The van der Waals surface area contributed by atoms with Crippen molar-refractivity contribution in [1.29, 1.82) is 0 Å². The van der Waals surface area contributed by atoms with E-state index in [2.05, 4.69) is 16.3 Å². The molecule has 1 N–H and O–H groups in total. The molecule has 1 aromatic rings. The number of hydrogen-bond donors (Lipinski definition) is 1. The van der Waals surface area contributed by atoms with Gasteiger partial charge in [0.25, 0.3) is 0 Å². The molecule has 3 heterocycles. The van der Waals surface area contributed by atoms with E-state index in [1.165, 1.54) is 6.08 Å². The number of allylic oxidation sites excluding steroid dienone is 2. The highest BCUT2D eigenvalue weighted by Gasteiger charge is 2.35. The van der Waals surface area contributed by atoms with Crippen LogP contribution in [0.15, 0.2) is 52.9 Å². The Kier molecular flexibility index (Phi) is 4.19. The van der Waals surface area contributed by atoms with Crippen LogP contribution in [0.1, 0.15) is 12.8 Å². The summed E-state index contributed by atoms with van der Waals surface area (Å²) < 4.78 is 19.2. The van der Waals surface area contributed by atoms with Crippen LogP contribution in [0.4, 0.5) is 10.1 Å². The predicted molar refractivity (Wildman–Crippen MR) is 94.3 cm³/mol. The van der Waals surface area contributed by atoms with Gasteiger partial charge in [0.15, 0.2) is 0 Å². The Morgan fingerprint density at radius 2 is 2.25 bits per heavy atom. The van der Waals surface area contributed by atoms with Crippen LogP contribution >= 0.6 is 11.6 Å². The van der Waals surface area contributed by atoms with Crippen molar-refractivity contribution in [2.24, 2.45) is 4.99 Å². The van der Waals surface area contributed by atoms with Crippen LogP contribution in [0, 0.1) is 0 Å². The van der Waals surface area contributed by atoms with E-state index >= 15 is 0 Å². The summed E-state index contributed by atoms with van der Waals surface area (Å²) in [5.41, 5.74) is 1.88. The van der Waals surface area contributed by atoms with E-state index in [0.717, 1.165) is 42.3 Å². The Morgan fingerprint density at radius 1 is 1.33 bits per heavy atom. The minimum atomic E-state index is -0.182. The van der Waals surface area contributed by atoms with Crippen LogP contribution < -0.4 is 10.2 Å². The number of dihydropyridines is 1. The second kappa shape index (κ2) is 6.48. The molecule has 0 bridgehead atoms. The van der Waals surface area contributed by atoms with E-state index in [1.807, 2.05) is 18.2 Å². The fraction of sp³-hybridized carbons (Fsp3) is 0.389. The van der Waals surface area contributed by atoms with Gasteiger partial charge in [-0.15, -0.1) is 0 Å². The number of benzene rings is 1. The third-order valence-electron chi connectivity index (χ3n) is 4.58. The van der Waals surface area contributed by atoms with Gasteiger partial charge >= 0.3 is 0 Å². The lowest BCUT2D eigenvalue weighted by Crippen LogP contribution is -2.33. The molecule has 3 aliphatic rings. The Balaban J connectivity index is 1.54. The number of fused-ring (bicyclic) bond motifs is 1. The van der Waals surface area contributed by atoms with E-state index in [9.17, 15) is 4.39 Å². The maximum absolute atomic E-state index is 13.1. The molecule has 0 aliphatic carbocycles. The molecule has 3 aliphatic heterocycles. The number of aliphatic imine (C=N–C) groups is 1. The molecule has 1 saturated heterocycles. The fourth-order valence-electron chi connectivity index (χ4n) is 3.35. The van der Waals surface area contributed by atoms with Crippen molar-refractivity contribution in [1.82, 2.24) is 5.32 Å². The second-order valence-corrected chi connectivity index (χ2v) is 6.71. The molecule has 1 fully saturated rings. The SMILES string of the molecule is FC1=CC=C(C2=NC3CN(c4cccc(Cl)c4)CCCC3O2)NC1. The largest absolute Gasteiger partial charge is 0.471 e. The maximum Gasteiger partial charge on any atom is 0.233 e. The molecule has 0 saturated carbocycles. The molecule has 126 valence electrons. The number of nitrogens with zero attached hydrogens (tertiary/aromatic N) is 2. The maximum atomic E-state index is 13.1. The Morgan fingerprint density at radius 3 is 3.04 bits per heavy atom. The molecule has 24 heavy (non-hydrogen) atoms. The summed E-state index contributed by atoms with van der Waals surface area (Å²) >= 11 is 6.12. The standard InChI is InChI=1S/C18H19ClFN3O/c19-12-3-1-4-14(9-12)23-8-2-5-17-16(11-23)22-18(24-17)15-7-6-13(20)10-21-15/h1,3-4,6-7,9,16-17,21H,2,5,8,10-11H2. The number of rotatable bonds is 2. The third kappa shape index (κ3) is 3.13. The first kappa shape index (κ1) is 15.5. The van der Waals surface area contributed by atoms with Crippen LogP contribution in [0.3, 0.4) is 0 Å². The Bertz CT molecular complexity index is 731. The van der Waals surface area contributed by atoms with Crippen molar-refractivity contribution in [3.05, 3.63) is 53.0 Å². The third-order valence-corrected chi connectivity index (χ3v) is 4.82. The van der Waals surface area contributed by atoms with Crippen molar-refractivity contribution in [2.45, 2.75) is 25.0 Å². The lowest BCUT2D eigenvalue weighted by atomic mass is 10.1. The van der Waals surface area contributed by atoms with Gasteiger partial charge in [-0.25, -0.2) is 9.38 Å². The van der Waals surface area contributed by atoms with Crippen LogP contribution in [0.5, 0.6) is 0 Å². The van der Waals surface area contributed by atoms with Crippen molar-refractivity contribution in [3.63, 3.8) is 0 Å². The summed E-state index contributed by atoms with van der Waals surface area (Å²) in [4.78, 5) is 7.07. The summed E-state index contributed by atoms with van der Waals surface area (Å²) in [6.45, 7) is 1.96. The highest BCUT2D eigenvalue weighted by molar-refractivity contribution is 6.30. The molecular formula is C18H19ClFN3O. The van der Waals surface area contributed by atoms with Gasteiger partial charge in [-0.2, -0.15) is 0 Å². The van der Waals surface area contributed by atoms with Gasteiger partial charge in [-0.1, -0.05) is 17.7 Å². The molecule has 2 atom stereocenters. The zero-order valence-electron chi connectivity index (χ0n) is 13.2. The predicted octanol–water partition coefficient (Wildman–Crippen LogP) is 3.45. The van der Waals surface area contributed by atoms with Gasteiger partial charge in [0.1, 0.15) is 18.0 Å². The molecule has 0 amide bonds. The first-order valence-corrected chi connectivity index (χ1v) is 8.62. The minimum absolute atomic E-state index is 0.0833. The first-order valence-electron chi connectivity index (χ1n) is 8.24. The molecule has 6 heteroatoms. The minimum Gasteiger partial charge on any atom is -0.471 e. The zero-order chi connectivity index (χ0) is 16.5. The molecule has 0 aromatic heterocycles. The molecule has 0 radical (unpaired) electrons. The van der Waals surface area contributed by atoms with Crippen LogP contribution in [0.25, 0.3) is 0 Å². The molecule has 1 aromatic carbocycles. The van der Waals surface area contributed by atoms with Crippen molar-refractivity contribution in [3.8, 4) is 0 Å². The molecule has 2 unspecified atom stereocenters. The highest BCUT2D eigenvalue weighted by Crippen LogP contribution is 2.29. The average Bonchev–Trinajstić information content (AvgIpc) is 2.87. The molecule has 4 nitrogen and oxygen atoms in total. The quantitative estimate of drug-likeness (QED) is 0.890. The Hall–Kier alpha value is -2.01. The van der Waals surface area contributed by atoms with Gasteiger partial charge in [-0.05, 0) is 43.2 Å². The van der Waals surface area contributed by atoms with Crippen LogP contribution in [0.2, 0.25) is 5.02 Å². The summed E-state index contributed by atoms with van der Waals surface area (Å²) in [5.74, 6) is 0.417. The van der Waals surface area contributed by atoms with Crippen molar-refractivity contribution >= 4 is 23.2 Å². The second-order valence-electron chi connectivity index (χ2n) is 6.27. The number of nitrogens with one attached hydrogen (secondary N) is 1. The summed E-state index contributed by atoms with van der Waals surface area (Å²) in [6, 6.07) is 8.00. The fourth-order valence-corrected chi connectivity index (χ4v) is 3.54. The Labute approximate surface area is 145 Å². The average molecular weight is 348 g/mol. The smallest absolute Gasteiger partial charge is 0.233 e. The van der Waals surface area contributed by atoms with E-state index < -0.39 is 0 Å². The summed E-state index contributed by atoms with van der Waals surface area (Å²) in [5, 5.41) is 3.76. The zero-order valence-corrected chi connectivity index (χ0v) is 14.0. The van der Waals surface area contributed by atoms with Gasteiger partial charge in [0.05, 0.1) is 12.2 Å². The molecular weight excluding hydrogens is 329 g/mol. The van der Waals surface area contributed by atoms with E-state index in [0.29, 0.717) is 5.90 Å². The number of ether oxygens (including phenoxy) is 1. The van der Waals surface area contributed by atoms with Crippen molar-refractivity contribution < 1.29 is 9.13 Å². The molecule has 0 spiro atoms. The van der Waals surface area contributed by atoms with Crippen LogP contribution in [-0.4, -0.2) is 37.7 Å². The van der Waals surface area contributed by atoms with E-state index in [1.54, 1.807) is 6.08 Å². The highest BCUT2D eigenvalue weighted by atomic mass is 35.5. The van der Waals surface area contributed by atoms with Gasteiger partial charge in [-0.3, -0.25) is 0 Å². The van der Waals surface area contributed by atoms with E-state index in [-0.39, 0.29) is 24.5 Å². The van der Waals surface area contributed by atoms with Gasteiger partial charge in [0.2, 0.25) is 5.90 Å². The molecule has 4 rings (SSSR count). The van der Waals surface area contributed by atoms with Crippen LogP contribution in [-0.2, 0) is 4.74 Å². The van der Waals surface area contributed by atoms with Gasteiger partial charge < -0.3 is 15.0 Å². The number of hydrogen-bond acceptors (Lipinski definition) is 4. The summed E-state index contributed by atoms with van der Waals surface area (Å²) in [7, 11) is 0. The number of anilines is 1. The lowest BCUT2D eigenvalue weighted by Gasteiger charge is -2.24. The van der Waals surface area contributed by atoms with Gasteiger partial charge in [0, 0.05) is 23.8 Å². The lowest BCUT2D eigenvalue weighted by molar-refractivity contribution is 0.187. The van der Waals surface area contributed by atoms with E-state index in [4.69, 9.17) is 21.3 Å².